The largest absolute Gasteiger partial charge is 0.368 e. The van der Waals surface area contributed by atoms with Gasteiger partial charge in [0.1, 0.15) is 0 Å². The number of halogens is 2. The summed E-state index contributed by atoms with van der Waals surface area (Å²) in [5.74, 6) is 0.225. The number of rotatable bonds is 4. The third-order valence-corrected chi connectivity index (χ3v) is 4.89. The molecule has 2 N–H and O–H groups in total. The fraction of sp³-hybridized carbons (Fsp3) is 0.556. The van der Waals surface area contributed by atoms with Crippen molar-refractivity contribution < 1.29 is 9.59 Å². The van der Waals surface area contributed by atoms with Gasteiger partial charge in [0.15, 0.2) is 0 Å². The first kappa shape index (κ1) is 22.5. The SMILES string of the molecule is CC(=O)N1CCN(c2ccccc2CNC(=O)C2CCCN2)CC1.Cl.Cl. The molecule has 8 heteroatoms. The number of benzene rings is 1. The van der Waals surface area contributed by atoms with Crippen molar-refractivity contribution in [2.75, 3.05) is 37.6 Å². The average molecular weight is 403 g/mol. The van der Waals surface area contributed by atoms with Gasteiger partial charge in [0.25, 0.3) is 0 Å². The highest BCUT2D eigenvalue weighted by Crippen LogP contribution is 2.22. The summed E-state index contributed by atoms with van der Waals surface area (Å²) in [4.78, 5) is 27.8. The maximum absolute atomic E-state index is 12.2. The maximum Gasteiger partial charge on any atom is 0.237 e. The Hall–Kier alpha value is -1.50. The summed E-state index contributed by atoms with van der Waals surface area (Å²) in [6.45, 7) is 6.25. The van der Waals surface area contributed by atoms with Crippen molar-refractivity contribution in [3.63, 3.8) is 0 Å². The summed E-state index contributed by atoms with van der Waals surface area (Å²) in [5.41, 5.74) is 2.28. The highest BCUT2D eigenvalue weighted by atomic mass is 35.5. The second kappa shape index (κ2) is 10.6. The van der Waals surface area contributed by atoms with Crippen molar-refractivity contribution in [1.82, 2.24) is 15.5 Å². The van der Waals surface area contributed by atoms with Crippen LogP contribution in [-0.2, 0) is 16.1 Å². The Labute approximate surface area is 167 Å². The molecule has 1 atom stereocenters. The number of amides is 2. The van der Waals surface area contributed by atoms with Crippen molar-refractivity contribution in [3.05, 3.63) is 29.8 Å². The standard InChI is InChI=1S/C18H26N4O2.2ClH/c1-14(23)21-9-11-22(12-10-21)17-7-3-2-5-15(17)13-20-18(24)16-6-4-8-19-16;;/h2-3,5,7,16,19H,4,6,8-13H2,1H3,(H,20,24);2*1H. The molecule has 26 heavy (non-hydrogen) atoms. The molecule has 2 aliphatic heterocycles. The Morgan fingerprint density at radius 1 is 1.15 bits per heavy atom. The highest BCUT2D eigenvalue weighted by molar-refractivity contribution is 5.85. The number of anilines is 1. The van der Waals surface area contributed by atoms with Crippen LogP contribution in [0.3, 0.4) is 0 Å². The normalized spacial score (nSPS) is 19.3. The summed E-state index contributed by atoms with van der Waals surface area (Å²) in [5, 5.41) is 6.28. The second-order valence-corrected chi connectivity index (χ2v) is 6.49. The fourth-order valence-corrected chi connectivity index (χ4v) is 3.44. The number of carbonyl (C=O) groups excluding carboxylic acids is 2. The van der Waals surface area contributed by atoms with Crippen LogP contribution in [0.25, 0.3) is 0 Å². The molecule has 0 radical (unpaired) electrons. The van der Waals surface area contributed by atoms with Crippen LogP contribution in [0, 0.1) is 0 Å². The number of para-hydroxylation sites is 1. The van der Waals surface area contributed by atoms with E-state index in [9.17, 15) is 9.59 Å². The lowest BCUT2D eigenvalue weighted by Gasteiger charge is -2.36. The topological polar surface area (TPSA) is 64.7 Å². The molecule has 6 nitrogen and oxygen atoms in total. The second-order valence-electron chi connectivity index (χ2n) is 6.49. The average Bonchev–Trinajstić information content (AvgIpc) is 3.15. The van der Waals surface area contributed by atoms with Crippen LogP contribution in [0.2, 0.25) is 0 Å². The molecule has 1 unspecified atom stereocenters. The molecule has 2 saturated heterocycles. The van der Waals surface area contributed by atoms with E-state index >= 15 is 0 Å². The third-order valence-electron chi connectivity index (χ3n) is 4.89. The first-order valence-electron chi connectivity index (χ1n) is 8.74. The van der Waals surface area contributed by atoms with E-state index in [-0.39, 0.29) is 42.7 Å². The van der Waals surface area contributed by atoms with E-state index in [1.807, 2.05) is 17.0 Å². The molecule has 2 heterocycles. The summed E-state index contributed by atoms with van der Waals surface area (Å²) < 4.78 is 0. The van der Waals surface area contributed by atoms with Gasteiger partial charge >= 0.3 is 0 Å². The Morgan fingerprint density at radius 2 is 1.85 bits per heavy atom. The van der Waals surface area contributed by atoms with Crippen molar-refractivity contribution in [2.24, 2.45) is 0 Å². The molecule has 0 spiro atoms. The first-order valence-corrected chi connectivity index (χ1v) is 8.74. The Kier molecular flexibility index (Phi) is 9.19. The van der Waals surface area contributed by atoms with E-state index in [1.165, 1.54) is 0 Å². The zero-order chi connectivity index (χ0) is 16.9. The minimum absolute atomic E-state index is 0. The predicted molar refractivity (Wildman–Crippen MR) is 108 cm³/mol. The Bertz CT molecular complexity index is 601. The van der Waals surface area contributed by atoms with Crippen LogP contribution >= 0.6 is 24.8 Å². The van der Waals surface area contributed by atoms with Crippen LogP contribution in [0.4, 0.5) is 5.69 Å². The van der Waals surface area contributed by atoms with Crippen LogP contribution in [0.1, 0.15) is 25.3 Å². The van der Waals surface area contributed by atoms with Gasteiger partial charge in [-0.25, -0.2) is 0 Å². The molecule has 1 aromatic rings. The number of nitrogens with zero attached hydrogens (tertiary/aromatic N) is 2. The number of nitrogens with one attached hydrogen (secondary N) is 2. The van der Waals surface area contributed by atoms with Gasteiger partial charge < -0.3 is 20.4 Å². The number of hydrogen-bond donors (Lipinski definition) is 2. The summed E-state index contributed by atoms with van der Waals surface area (Å²) in [6.07, 6.45) is 1.98. The van der Waals surface area contributed by atoms with E-state index in [4.69, 9.17) is 0 Å². The molecule has 0 bridgehead atoms. The zero-order valence-electron chi connectivity index (χ0n) is 15.1. The summed E-state index contributed by atoms with van der Waals surface area (Å²) >= 11 is 0. The number of piperazine rings is 1. The molecule has 0 aromatic heterocycles. The molecule has 0 saturated carbocycles. The van der Waals surface area contributed by atoms with Crippen LogP contribution in [0.5, 0.6) is 0 Å². The van der Waals surface area contributed by atoms with Crippen molar-refractivity contribution >= 4 is 42.3 Å². The molecule has 2 aliphatic rings. The quantitative estimate of drug-likeness (QED) is 0.801. The monoisotopic (exact) mass is 402 g/mol. The van der Waals surface area contributed by atoms with Gasteiger partial charge in [0.05, 0.1) is 6.04 Å². The molecule has 1 aromatic carbocycles. The lowest BCUT2D eigenvalue weighted by Crippen LogP contribution is -2.48. The summed E-state index contributed by atoms with van der Waals surface area (Å²) in [6, 6.07) is 8.14. The van der Waals surface area contributed by atoms with Gasteiger partial charge in [-0.05, 0) is 31.0 Å². The number of carbonyl (C=O) groups is 2. The van der Waals surface area contributed by atoms with Gasteiger partial charge in [-0.3, -0.25) is 9.59 Å². The molecular weight excluding hydrogens is 375 g/mol. The van der Waals surface area contributed by atoms with Gasteiger partial charge in [-0.1, -0.05) is 18.2 Å². The van der Waals surface area contributed by atoms with Crippen molar-refractivity contribution in [3.8, 4) is 0 Å². The van der Waals surface area contributed by atoms with Gasteiger partial charge in [-0.2, -0.15) is 0 Å². The van der Waals surface area contributed by atoms with Gasteiger partial charge in [0.2, 0.25) is 11.8 Å². The van der Waals surface area contributed by atoms with Crippen LogP contribution in [-0.4, -0.2) is 55.5 Å². The predicted octanol–water partition coefficient (Wildman–Crippen LogP) is 1.57. The lowest BCUT2D eigenvalue weighted by atomic mass is 10.1. The van der Waals surface area contributed by atoms with Gasteiger partial charge in [0, 0.05) is 45.3 Å². The van der Waals surface area contributed by atoms with Crippen molar-refractivity contribution in [1.29, 1.82) is 0 Å². The van der Waals surface area contributed by atoms with E-state index < -0.39 is 0 Å². The molecule has 3 rings (SSSR count). The van der Waals surface area contributed by atoms with E-state index in [0.29, 0.717) is 6.54 Å². The number of hydrogen-bond acceptors (Lipinski definition) is 4. The maximum atomic E-state index is 12.2. The zero-order valence-corrected chi connectivity index (χ0v) is 16.7. The van der Waals surface area contributed by atoms with E-state index in [2.05, 4.69) is 27.7 Å². The van der Waals surface area contributed by atoms with E-state index in [1.54, 1.807) is 6.92 Å². The minimum atomic E-state index is -0.0451. The minimum Gasteiger partial charge on any atom is -0.368 e. The Morgan fingerprint density at radius 3 is 2.46 bits per heavy atom. The lowest BCUT2D eigenvalue weighted by molar-refractivity contribution is -0.129. The molecular formula is C18H28Cl2N4O2. The highest BCUT2D eigenvalue weighted by Gasteiger charge is 2.23. The molecule has 0 aliphatic carbocycles. The smallest absolute Gasteiger partial charge is 0.237 e. The molecule has 2 amide bonds. The molecule has 146 valence electrons. The first-order chi connectivity index (χ1) is 11.6. The molecule has 2 fully saturated rings. The summed E-state index contributed by atoms with van der Waals surface area (Å²) in [7, 11) is 0. The van der Waals surface area contributed by atoms with Crippen LogP contribution in [0.15, 0.2) is 24.3 Å². The third kappa shape index (κ3) is 5.50. The van der Waals surface area contributed by atoms with Gasteiger partial charge in [-0.15, -0.1) is 24.8 Å². The van der Waals surface area contributed by atoms with Crippen molar-refractivity contribution in [2.45, 2.75) is 32.4 Å². The Balaban J connectivity index is 0.00000169. The van der Waals surface area contributed by atoms with Crippen LogP contribution < -0.4 is 15.5 Å². The van der Waals surface area contributed by atoms with E-state index in [0.717, 1.165) is 56.8 Å². The fourth-order valence-electron chi connectivity index (χ4n) is 3.44.